The molecule has 0 atom stereocenters. The summed E-state index contributed by atoms with van der Waals surface area (Å²) < 4.78 is 0. The highest BCUT2D eigenvalue weighted by atomic mass is 14.7. The van der Waals surface area contributed by atoms with Crippen LogP contribution in [0.3, 0.4) is 0 Å². The molecule has 3 nitrogen and oxygen atoms in total. The predicted molar refractivity (Wildman–Crippen MR) is 53.6 cm³/mol. The Morgan fingerprint density at radius 3 is 3.08 bits per heavy atom. The lowest BCUT2D eigenvalue weighted by Gasteiger charge is -2.10. The maximum atomic E-state index is 7.30. The molecule has 0 unspecified atom stereocenters. The zero-order valence-corrected chi connectivity index (χ0v) is 7.25. The number of hydrogen-bond donors (Lipinski definition) is 2. The third-order valence-electron chi connectivity index (χ3n) is 2.19. The second-order valence-electron chi connectivity index (χ2n) is 3.11. The second kappa shape index (κ2) is 3.01. The number of fused-ring (bicyclic) bond motifs is 1. The molecule has 2 rings (SSSR count). The van der Waals surface area contributed by atoms with Gasteiger partial charge in [0.2, 0.25) is 0 Å². The number of nitrogen functional groups attached to an aromatic ring is 1. The van der Waals surface area contributed by atoms with Crippen molar-refractivity contribution >= 4 is 12.1 Å². The van der Waals surface area contributed by atoms with Crippen molar-refractivity contribution in [2.24, 2.45) is 10.7 Å². The Morgan fingerprint density at radius 2 is 2.31 bits per heavy atom. The topological polar surface area (TPSA) is 62.2 Å². The number of amidine groups is 1. The number of benzene rings is 1. The van der Waals surface area contributed by atoms with Crippen LogP contribution in [0.1, 0.15) is 16.7 Å². The van der Waals surface area contributed by atoms with E-state index in [0.29, 0.717) is 0 Å². The highest BCUT2D eigenvalue weighted by Gasteiger charge is 2.06. The van der Waals surface area contributed by atoms with Gasteiger partial charge in [0, 0.05) is 18.3 Å². The molecule has 0 aliphatic carbocycles. The fourth-order valence-electron chi connectivity index (χ4n) is 1.46. The number of rotatable bonds is 1. The number of nitrogens with one attached hydrogen (secondary N) is 1. The second-order valence-corrected chi connectivity index (χ2v) is 3.11. The molecule has 0 amide bonds. The minimum Gasteiger partial charge on any atom is -0.384 e. The van der Waals surface area contributed by atoms with Crippen LogP contribution in [0, 0.1) is 5.41 Å². The molecule has 1 aromatic rings. The number of nitrogens with two attached hydrogens (primary N) is 1. The molecule has 0 radical (unpaired) electrons. The fraction of sp³-hybridized carbons (Fsp3) is 0.200. The van der Waals surface area contributed by atoms with Crippen LogP contribution >= 0.6 is 0 Å². The van der Waals surface area contributed by atoms with Crippen molar-refractivity contribution in [1.82, 2.24) is 0 Å². The number of aliphatic imine (C=N–C) groups is 1. The van der Waals surface area contributed by atoms with Crippen LogP contribution in [0.5, 0.6) is 0 Å². The van der Waals surface area contributed by atoms with Crippen molar-refractivity contribution in [2.75, 3.05) is 6.54 Å². The largest absolute Gasteiger partial charge is 0.384 e. The lowest BCUT2D eigenvalue weighted by molar-refractivity contribution is 0.952. The van der Waals surface area contributed by atoms with Gasteiger partial charge in [-0.15, -0.1) is 0 Å². The molecule has 3 N–H and O–H groups in total. The van der Waals surface area contributed by atoms with E-state index in [-0.39, 0.29) is 5.84 Å². The Bertz CT molecular complexity index is 380. The maximum absolute atomic E-state index is 7.30. The van der Waals surface area contributed by atoms with Gasteiger partial charge in [0.15, 0.2) is 0 Å². The monoisotopic (exact) mass is 173 g/mol. The third-order valence-corrected chi connectivity index (χ3v) is 2.19. The van der Waals surface area contributed by atoms with Crippen LogP contribution in [0.25, 0.3) is 0 Å². The summed E-state index contributed by atoms with van der Waals surface area (Å²) in [7, 11) is 0. The standard InChI is InChI=1S/C10H11N3/c11-10(12)8-1-2-9-6-13-4-3-7(9)5-8/h1-2,5-6H,3-4H2,(H3,11,12). The van der Waals surface area contributed by atoms with E-state index in [1.165, 1.54) is 5.56 Å². The molecule has 0 saturated heterocycles. The normalized spacial score (nSPS) is 13.8. The van der Waals surface area contributed by atoms with Gasteiger partial charge in [0.1, 0.15) is 5.84 Å². The summed E-state index contributed by atoms with van der Waals surface area (Å²) in [6.45, 7) is 0.842. The average molecular weight is 173 g/mol. The summed E-state index contributed by atoms with van der Waals surface area (Å²) in [6.07, 6.45) is 2.83. The molecule has 1 aliphatic heterocycles. The first-order valence-electron chi connectivity index (χ1n) is 4.24. The smallest absolute Gasteiger partial charge is 0.122 e. The molecule has 1 aromatic carbocycles. The average Bonchev–Trinajstić information content (AvgIpc) is 2.17. The molecule has 3 heteroatoms. The van der Waals surface area contributed by atoms with Crippen molar-refractivity contribution in [3.8, 4) is 0 Å². The van der Waals surface area contributed by atoms with E-state index in [2.05, 4.69) is 4.99 Å². The number of hydrogen-bond acceptors (Lipinski definition) is 2. The van der Waals surface area contributed by atoms with E-state index in [1.54, 1.807) is 0 Å². The molecule has 0 bridgehead atoms. The lowest BCUT2D eigenvalue weighted by Crippen LogP contribution is -2.13. The zero-order chi connectivity index (χ0) is 9.26. The van der Waals surface area contributed by atoms with Crippen molar-refractivity contribution in [1.29, 1.82) is 5.41 Å². The van der Waals surface area contributed by atoms with Gasteiger partial charge in [-0.05, 0) is 23.6 Å². The Labute approximate surface area is 76.8 Å². The summed E-state index contributed by atoms with van der Waals surface area (Å²) >= 11 is 0. The molecule has 13 heavy (non-hydrogen) atoms. The van der Waals surface area contributed by atoms with Gasteiger partial charge in [-0.25, -0.2) is 0 Å². The Kier molecular flexibility index (Phi) is 1.85. The third kappa shape index (κ3) is 1.45. The Hall–Kier alpha value is -1.64. The van der Waals surface area contributed by atoms with E-state index in [0.717, 1.165) is 24.1 Å². The van der Waals surface area contributed by atoms with Crippen LogP contribution in [-0.2, 0) is 6.42 Å². The first kappa shape index (κ1) is 7.98. The van der Waals surface area contributed by atoms with E-state index < -0.39 is 0 Å². The van der Waals surface area contributed by atoms with E-state index in [1.807, 2.05) is 24.4 Å². The summed E-state index contributed by atoms with van der Waals surface area (Å²) in [5, 5.41) is 7.30. The van der Waals surface area contributed by atoms with Gasteiger partial charge < -0.3 is 5.73 Å². The SMILES string of the molecule is N=C(N)c1ccc2c(c1)CCN=C2. The zero-order valence-electron chi connectivity index (χ0n) is 7.25. The minimum absolute atomic E-state index is 0.130. The summed E-state index contributed by atoms with van der Waals surface area (Å²) in [4.78, 5) is 4.18. The van der Waals surface area contributed by atoms with Gasteiger partial charge >= 0.3 is 0 Å². The van der Waals surface area contributed by atoms with Crippen LogP contribution in [0.2, 0.25) is 0 Å². The Balaban J connectivity index is 2.48. The van der Waals surface area contributed by atoms with E-state index in [9.17, 15) is 0 Å². The first-order valence-corrected chi connectivity index (χ1v) is 4.24. The van der Waals surface area contributed by atoms with E-state index in [4.69, 9.17) is 11.1 Å². The highest BCUT2D eigenvalue weighted by molar-refractivity contribution is 5.96. The van der Waals surface area contributed by atoms with Crippen molar-refractivity contribution in [3.05, 3.63) is 34.9 Å². The molecule has 0 aromatic heterocycles. The van der Waals surface area contributed by atoms with Gasteiger partial charge in [-0.3, -0.25) is 10.4 Å². The minimum atomic E-state index is 0.130. The van der Waals surface area contributed by atoms with Crippen molar-refractivity contribution in [2.45, 2.75) is 6.42 Å². The maximum Gasteiger partial charge on any atom is 0.122 e. The van der Waals surface area contributed by atoms with Gasteiger partial charge in [0.25, 0.3) is 0 Å². The molecular weight excluding hydrogens is 162 g/mol. The molecule has 66 valence electrons. The summed E-state index contributed by atoms with van der Waals surface area (Å²) in [5.74, 6) is 0.130. The first-order chi connectivity index (χ1) is 6.27. The number of nitrogens with zero attached hydrogens (tertiary/aromatic N) is 1. The van der Waals surface area contributed by atoms with Crippen molar-refractivity contribution in [3.63, 3.8) is 0 Å². The molecular formula is C10H11N3. The van der Waals surface area contributed by atoms with Crippen LogP contribution in [0.15, 0.2) is 23.2 Å². The fourth-order valence-corrected chi connectivity index (χ4v) is 1.46. The molecule has 0 fully saturated rings. The van der Waals surface area contributed by atoms with Gasteiger partial charge in [-0.1, -0.05) is 12.1 Å². The van der Waals surface area contributed by atoms with E-state index >= 15 is 0 Å². The van der Waals surface area contributed by atoms with Crippen LogP contribution in [-0.4, -0.2) is 18.6 Å². The molecule has 1 heterocycles. The predicted octanol–water partition coefficient (Wildman–Crippen LogP) is 0.946. The van der Waals surface area contributed by atoms with Crippen LogP contribution in [0.4, 0.5) is 0 Å². The van der Waals surface area contributed by atoms with Crippen LogP contribution < -0.4 is 5.73 Å². The Morgan fingerprint density at radius 1 is 1.46 bits per heavy atom. The lowest BCUT2D eigenvalue weighted by atomic mass is 10.00. The van der Waals surface area contributed by atoms with Crippen molar-refractivity contribution < 1.29 is 0 Å². The van der Waals surface area contributed by atoms with Gasteiger partial charge in [-0.2, -0.15) is 0 Å². The highest BCUT2D eigenvalue weighted by Crippen LogP contribution is 2.14. The summed E-state index contributed by atoms with van der Waals surface area (Å²) in [5.41, 5.74) is 8.58. The molecule has 1 aliphatic rings. The molecule has 0 spiro atoms. The quantitative estimate of drug-likeness (QED) is 0.482. The summed E-state index contributed by atoms with van der Waals surface area (Å²) in [6, 6.07) is 5.80. The molecule has 0 saturated carbocycles. The van der Waals surface area contributed by atoms with Gasteiger partial charge in [0.05, 0.1) is 0 Å².